The van der Waals surface area contributed by atoms with Crippen molar-refractivity contribution in [2.24, 2.45) is 0 Å². The molecule has 4 rings (SSSR count). The highest BCUT2D eigenvalue weighted by molar-refractivity contribution is 5.82. The van der Waals surface area contributed by atoms with Crippen molar-refractivity contribution in [3.8, 4) is 11.8 Å². The third kappa shape index (κ3) is 3.99. The largest absolute Gasteiger partial charge is 0.394 e. The van der Waals surface area contributed by atoms with E-state index in [9.17, 15) is 20.4 Å². The molecular formula is C20H27N5O5. The highest BCUT2D eigenvalue weighted by atomic mass is 16.6. The lowest BCUT2D eigenvalue weighted by atomic mass is 9.91. The first-order chi connectivity index (χ1) is 14.4. The molecule has 1 saturated carbocycles. The van der Waals surface area contributed by atoms with Crippen molar-refractivity contribution < 1.29 is 25.2 Å². The molecule has 30 heavy (non-hydrogen) atoms. The van der Waals surface area contributed by atoms with Gasteiger partial charge in [0.1, 0.15) is 23.8 Å². The molecule has 0 spiro atoms. The van der Waals surface area contributed by atoms with Crippen LogP contribution in [0.5, 0.6) is 0 Å². The van der Waals surface area contributed by atoms with Crippen molar-refractivity contribution in [1.29, 1.82) is 0 Å². The number of aliphatic hydroxyl groups is 4. The Bertz CT molecular complexity index is 960. The van der Waals surface area contributed by atoms with Gasteiger partial charge in [0.05, 0.1) is 18.5 Å². The Kier molecular flexibility index (Phi) is 5.90. The van der Waals surface area contributed by atoms with E-state index < -0.39 is 36.7 Å². The summed E-state index contributed by atoms with van der Waals surface area (Å²) in [6, 6.07) is 0. The molecule has 2 aliphatic rings. The molecule has 2 aromatic heterocycles. The number of rotatable bonds is 3. The summed E-state index contributed by atoms with van der Waals surface area (Å²) < 4.78 is 7.00. The summed E-state index contributed by atoms with van der Waals surface area (Å²) >= 11 is 0. The molecule has 0 bridgehead atoms. The molecule has 2 fully saturated rings. The Morgan fingerprint density at radius 3 is 2.57 bits per heavy atom. The van der Waals surface area contributed by atoms with Crippen LogP contribution in [0.1, 0.15) is 57.0 Å². The van der Waals surface area contributed by atoms with Crippen LogP contribution < -0.4 is 5.73 Å². The van der Waals surface area contributed by atoms with Crippen LogP contribution in [0.3, 0.4) is 0 Å². The standard InChI is InChI=1S/C20H27N5O5/c21-17-14-18(25(11-22-14)19-16(28)15(27)12(10-26)30-19)24-13(23-17)6-5-9-20(29)7-3-1-2-4-8-20/h11-12,15-16,19,26-29H,1-4,7-10H2,(H2,21,23,24)/t12-,15-,16-,19-/m1/s1. The fraction of sp³-hybridized carbons (Fsp3) is 0.650. The van der Waals surface area contributed by atoms with Crippen molar-refractivity contribution in [1.82, 2.24) is 19.5 Å². The number of ether oxygens (including phenoxy) is 1. The molecule has 2 aromatic rings. The van der Waals surface area contributed by atoms with Gasteiger partial charge < -0.3 is 30.9 Å². The van der Waals surface area contributed by atoms with Crippen molar-refractivity contribution in [3.05, 3.63) is 12.2 Å². The van der Waals surface area contributed by atoms with E-state index in [2.05, 4.69) is 26.8 Å². The van der Waals surface area contributed by atoms with Gasteiger partial charge >= 0.3 is 0 Å². The normalized spacial score (nSPS) is 28.8. The van der Waals surface area contributed by atoms with Gasteiger partial charge in [0, 0.05) is 6.42 Å². The van der Waals surface area contributed by atoms with E-state index in [4.69, 9.17) is 10.5 Å². The van der Waals surface area contributed by atoms with Crippen LogP contribution in [-0.4, -0.2) is 70.5 Å². The van der Waals surface area contributed by atoms with Gasteiger partial charge in [-0.25, -0.2) is 15.0 Å². The number of nitrogens with two attached hydrogens (primary N) is 1. The van der Waals surface area contributed by atoms with E-state index in [1.807, 2.05) is 0 Å². The second-order valence-electron chi connectivity index (χ2n) is 8.10. The van der Waals surface area contributed by atoms with Crippen molar-refractivity contribution >= 4 is 17.0 Å². The van der Waals surface area contributed by atoms with E-state index >= 15 is 0 Å². The SMILES string of the molecule is Nc1nc(C#CCC2(O)CCCCCC2)nc2c1ncn2[C@@H]1O[C@H](CO)[C@@H](O)[C@H]1O. The predicted octanol–water partition coefficient (Wildman–Crippen LogP) is -0.153. The molecule has 0 aromatic carbocycles. The van der Waals surface area contributed by atoms with Crippen LogP contribution in [0.25, 0.3) is 11.2 Å². The van der Waals surface area contributed by atoms with E-state index in [0.717, 1.165) is 38.5 Å². The number of imidazole rings is 1. The summed E-state index contributed by atoms with van der Waals surface area (Å²) in [7, 11) is 0. The lowest BCUT2D eigenvalue weighted by Crippen LogP contribution is -2.33. The molecule has 6 N–H and O–H groups in total. The molecule has 0 unspecified atom stereocenters. The van der Waals surface area contributed by atoms with Gasteiger partial charge in [0.25, 0.3) is 0 Å². The number of aliphatic hydroxyl groups excluding tert-OH is 3. The number of fused-ring (bicyclic) bond motifs is 1. The minimum atomic E-state index is -1.27. The monoisotopic (exact) mass is 417 g/mol. The Balaban J connectivity index is 1.60. The molecule has 1 saturated heterocycles. The molecule has 1 aliphatic carbocycles. The average Bonchev–Trinajstić information content (AvgIpc) is 3.17. The van der Waals surface area contributed by atoms with Gasteiger partial charge in [-0.3, -0.25) is 4.57 Å². The first-order valence-corrected chi connectivity index (χ1v) is 10.3. The maximum Gasteiger partial charge on any atom is 0.208 e. The van der Waals surface area contributed by atoms with Gasteiger partial charge in [-0.05, 0) is 18.8 Å². The van der Waals surface area contributed by atoms with Gasteiger partial charge in [0.15, 0.2) is 17.7 Å². The van der Waals surface area contributed by atoms with E-state index in [1.54, 1.807) is 0 Å². The third-order valence-electron chi connectivity index (χ3n) is 5.89. The number of nitrogen functional groups attached to an aromatic ring is 1. The second-order valence-corrected chi connectivity index (χ2v) is 8.10. The number of anilines is 1. The zero-order chi connectivity index (χ0) is 21.3. The predicted molar refractivity (Wildman–Crippen MR) is 107 cm³/mol. The zero-order valence-electron chi connectivity index (χ0n) is 16.6. The summed E-state index contributed by atoms with van der Waals surface area (Å²) in [5.74, 6) is 6.15. The smallest absolute Gasteiger partial charge is 0.208 e. The molecule has 3 heterocycles. The van der Waals surface area contributed by atoms with Crippen LogP contribution in [-0.2, 0) is 4.74 Å². The maximum atomic E-state index is 10.7. The van der Waals surface area contributed by atoms with Crippen LogP contribution in [0.2, 0.25) is 0 Å². The first kappa shape index (κ1) is 21.0. The van der Waals surface area contributed by atoms with Crippen LogP contribution in [0.15, 0.2) is 6.33 Å². The van der Waals surface area contributed by atoms with Crippen molar-refractivity contribution in [2.45, 2.75) is 75.1 Å². The summed E-state index contributed by atoms with van der Waals surface area (Å²) in [5, 5.41) is 40.4. The van der Waals surface area contributed by atoms with Crippen LogP contribution >= 0.6 is 0 Å². The highest BCUT2D eigenvalue weighted by Crippen LogP contribution is 2.32. The fourth-order valence-electron chi connectivity index (χ4n) is 4.14. The average molecular weight is 417 g/mol. The Morgan fingerprint density at radius 2 is 1.90 bits per heavy atom. The van der Waals surface area contributed by atoms with E-state index in [1.165, 1.54) is 10.9 Å². The second kappa shape index (κ2) is 8.45. The summed E-state index contributed by atoms with van der Waals surface area (Å²) in [5.41, 5.74) is 5.85. The minimum Gasteiger partial charge on any atom is -0.394 e. The summed E-state index contributed by atoms with van der Waals surface area (Å²) in [4.78, 5) is 12.7. The highest BCUT2D eigenvalue weighted by Gasteiger charge is 2.44. The van der Waals surface area contributed by atoms with Crippen LogP contribution in [0, 0.1) is 11.8 Å². The third-order valence-corrected chi connectivity index (χ3v) is 5.89. The zero-order valence-corrected chi connectivity index (χ0v) is 16.6. The molecular weight excluding hydrogens is 390 g/mol. The molecule has 0 radical (unpaired) electrons. The molecule has 10 nitrogen and oxygen atoms in total. The van der Waals surface area contributed by atoms with Crippen LogP contribution in [0.4, 0.5) is 5.82 Å². The Morgan fingerprint density at radius 1 is 1.17 bits per heavy atom. The van der Waals surface area contributed by atoms with Crippen molar-refractivity contribution in [3.63, 3.8) is 0 Å². The number of aromatic nitrogens is 4. The Hall–Kier alpha value is -2.29. The lowest BCUT2D eigenvalue weighted by molar-refractivity contribution is -0.0511. The molecule has 162 valence electrons. The number of hydrogen-bond acceptors (Lipinski definition) is 9. The molecule has 0 amide bonds. The Labute approximate surface area is 173 Å². The topological polar surface area (TPSA) is 160 Å². The first-order valence-electron chi connectivity index (χ1n) is 10.3. The maximum absolute atomic E-state index is 10.7. The van der Waals surface area contributed by atoms with Crippen molar-refractivity contribution in [2.75, 3.05) is 12.3 Å². The van der Waals surface area contributed by atoms with E-state index in [-0.39, 0.29) is 11.6 Å². The summed E-state index contributed by atoms with van der Waals surface area (Å²) in [6.45, 7) is -0.432. The fourth-order valence-corrected chi connectivity index (χ4v) is 4.14. The van der Waals surface area contributed by atoms with Gasteiger partial charge in [-0.1, -0.05) is 31.6 Å². The lowest BCUT2D eigenvalue weighted by Gasteiger charge is -2.23. The molecule has 1 aliphatic heterocycles. The van der Waals surface area contributed by atoms with Gasteiger partial charge in [-0.15, -0.1) is 0 Å². The van der Waals surface area contributed by atoms with Gasteiger partial charge in [-0.2, -0.15) is 0 Å². The quantitative estimate of drug-likeness (QED) is 0.338. The van der Waals surface area contributed by atoms with Gasteiger partial charge in [0.2, 0.25) is 5.82 Å². The minimum absolute atomic E-state index is 0.128. The number of hydrogen-bond donors (Lipinski definition) is 5. The molecule has 4 atom stereocenters. The molecule has 10 heteroatoms. The van der Waals surface area contributed by atoms with E-state index in [0.29, 0.717) is 17.6 Å². The summed E-state index contributed by atoms with van der Waals surface area (Å²) in [6.07, 6.45) is 3.06. The number of nitrogens with zero attached hydrogens (tertiary/aromatic N) is 4.